The predicted molar refractivity (Wildman–Crippen MR) is 140 cm³/mol. The Labute approximate surface area is 203 Å². The highest BCUT2D eigenvalue weighted by molar-refractivity contribution is 7.19. The number of nitrogens with zero attached hydrogens (tertiary/aromatic N) is 3. The van der Waals surface area contributed by atoms with Crippen LogP contribution in [0.15, 0.2) is 36.7 Å². The molecule has 6 nitrogen and oxygen atoms in total. The molecule has 2 rings (SSSR count). The minimum atomic E-state index is 0.0163. The van der Waals surface area contributed by atoms with Crippen molar-refractivity contribution in [1.29, 1.82) is 0 Å². The summed E-state index contributed by atoms with van der Waals surface area (Å²) in [5.41, 5.74) is 1.07. The number of allylic oxidation sites excluding steroid dienone is 2. The number of amides is 1. The molecule has 2 aromatic rings. The van der Waals surface area contributed by atoms with Crippen LogP contribution < -0.4 is 10.6 Å². The van der Waals surface area contributed by atoms with E-state index in [9.17, 15) is 4.79 Å². The average molecular weight is 472 g/mol. The van der Waals surface area contributed by atoms with Crippen LogP contribution in [0.25, 0.3) is 0 Å². The van der Waals surface area contributed by atoms with E-state index in [4.69, 9.17) is 0 Å². The maximum atomic E-state index is 12.1. The summed E-state index contributed by atoms with van der Waals surface area (Å²) in [4.78, 5) is 16.2. The lowest BCUT2D eigenvalue weighted by atomic mass is 10.1. The van der Waals surface area contributed by atoms with Crippen molar-refractivity contribution in [1.82, 2.24) is 15.2 Å². The van der Waals surface area contributed by atoms with Crippen LogP contribution in [0, 0.1) is 0 Å². The van der Waals surface area contributed by atoms with Gasteiger partial charge in [0.25, 0.3) is 0 Å². The van der Waals surface area contributed by atoms with Gasteiger partial charge >= 0.3 is 0 Å². The molecule has 0 saturated carbocycles. The van der Waals surface area contributed by atoms with Crippen molar-refractivity contribution in [3.05, 3.63) is 42.2 Å². The third-order valence-corrected chi connectivity index (χ3v) is 6.30. The fourth-order valence-corrected chi connectivity index (χ4v) is 4.22. The van der Waals surface area contributed by atoms with Gasteiger partial charge in [0.15, 0.2) is 0 Å². The molecule has 182 valence electrons. The van der Waals surface area contributed by atoms with E-state index in [1.54, 1.807) is 6.20 Å². The maximum Gasteiger partial charge on any atom is 0.226 e. The second kappa shape index (κ2) is 18.2. The molecule has 2 aromatic heterocycles. The fourth-order valence-electron chi connectivity index (χ4n) is 3.56. The molecule has 1 amide bonds. The van der Waals surface area contributed by atoms with Gasteiger partial charge in [-0.05, 0) is 43.7 Å². The zero-order valence-electron chi connectivity index (χ0n) is 20.2. The van der Waals surface area contributed by atoms with Crippen molar-refractivity contribution < 1.29 is 4.79 Å². The Balaban J connectivity index is 1.41. The van der Waals surface area contributed by atoms with Crippen molar-refractivity contribution in [2.75, 3.05) is 10.6 Å². The molecular formula is C26H41N5OS. The van der Waals surface area contributed by atoms with Gasteiger partial charge in [0.1, 0.15) is 0 Å². The van der Waals surface area contributed by atoms with Gasteiger partial charge in [-0.1, -0.05) is 87.8 Å². The van der Waals surface area contributed by atoms with E-state index in [0.29, 0.717) is 23.2 Å². The van der Waals surface area contributed by atoms with E-state index in [2.05, 4.69) is 44.9 Å². The van der Waals surface area contributed by atoms with E-state index >= 15 is 0 Å². The molecule has 0 atom stereocenters. The lowest BCUT2D eigenvalue weighted by Gasteiger charge is -2.02. The number of pyridine rings is 1. The molecule has 33 heavy (non-hydrogen) atoms. The molecule has 0 aliphatic carbocycles. The topological polar surface area (TPSA) is 79.8 Å². The summed E-state index contributed by atoms with van der Waals surface area (Å²) >= 11 is 1.35. The number of nitrogens with one attached hydrogen (secondary N) is 2. The molecule has 2 heterocycles. The highest BCUT2D eigenvalue weighted by Gasteiger charge is 2.08. The Bertz CT molecular complexity index is 778. The molecule has 0 aliphatic rings. The van der Waals surface area contributed by atoms with Crippen molar-refractivity contribution in [3.63, 3.8) is 0 Å². The lowest BCUT2D eigenvalue weighted by molar-refractivity contribution is -0.116. The van der Waals surface area contributed by atoms with E-state index in [-0.39, 0.29) is 5.91 Å². The van der Waals surface area contributed by atoms with Gasteiger partial charge in [0, 0.05) is 25.4 Å². The molecule has 0 aromatic carbocycles. The van der Waals surface area contributed by atoms with E-state index in [1.807, 2.05) is 18.3 Å². The first-order chi connectivity index (χ1) is 16.3. The van der Waals surface area contributed by atoms with E-state index < -0.39 is 0 Å². The van der Waals surface area contributed by atoms with Gasteiger partial charge in [-0.25, -0.2) is 0 Å². The van der Waals surface area contributed by atoms with E-state index in [1.165, 1.54) is 82.0 Å². The number of aromatic nitrogens is 3. The Kier molecular flexibility index (Phi) is 14.9. The molecule has 0 unspecified atom stereocenters. The maximum absolute atomic E-state index is 12.1. The van der Waals surface area contributed by atoms with Crippen molar-refractivity contribution in [3.8, 4) is 0 Å². The Morgan fingerprint density at radius 2 is 1.58 bits per heavy atom. The second-order valence-corrected chi connectivity index (χ2v) is 9.49. The Morgan fingerprint density at radius 3 is 2.27 bits per heavy atom. The number of unbranched alkanes of at least 4 members (excludes halogenated alkanes) is 11. The Hall–Kier alpha value is -2.28. The highest BCUT2D eigenvalue weighted by atomic mass is 32.1. The van der Waals surface area contributed by atoms with Crippen LogP contribution in [0.3, 0.4) is 0 Å². The largest absolute Gasteiger partial charge is 0.356 e. The fraction of sp³-hybridized carbons (Fsp3) is 0.615. The van der Waals surface area contributed by atoms with Gasteiger partial charge in [0.05, 0.1) is 0 Å². The zero-order valence-corrected chi connectivity index (χ0v) is 21.0. The molecule has 2 N–H and O–H groups in total. The first kappa shape index (κ1) is 27.0. The number of hydrogen-bond acceptors (Lipinski definition) is 6. The first-order valence-electron chi connectivity index (χ1n) is 12.7. The highest BCUT2D eigenvalue weighted by Crippen LogP contribution is 2.21. The second-order valence-electron chi connectivity index (χ2n) is 8.51. The molecule has 0 fully saturated rings. The molecule has 7 heteroatoms. The van der Waals surface area contributed by atoms with Crippen molar-refractivity contribution in [2.45, 2.75) is 103 Å². The molecule has 0 bridgehead atoms. The smallest absolute Gasteiger partial charge is 0.226 e. The third-order valence-electron chi connectivity index (χ3n) is 5.50. The van der Waals surface area contributed by atoms with Crippen LogP contribution in [0.5, 0.6) is 0 Å². The van der Waals surface area contributed by atoms with Gasteiger partial charge in [-0.2, -0.15) is 0 Å². The number of carbonyl (C=O) groups excluding carboxylic acids is 1. The zero-order chi connectivity index (χ0) is 23.4. The quantitative estimate of drug-likeness (QED) is 0.164. The molecule has 0 radical (unpaired) electrons. The van der Waals surface area contributed by atoms with Gasteiger partial charge < -0.3 is 10.6 Å². The summed E-state index contributed by atoms with van der Waals surface area (Å²) in [6.07, 6.45) is 25.1. The Morgan fingerprint density at radius 1 is 0.909 bits per heavy atom. The van der Waals surface area contributed by atoms with Crippen LogP contribution in [0.1, 0.15) is 102 Å². The molecule has 0 saturated heterocycles. The average Bonchev–Trinajstić information content (AvgIpc) is 3.28. The SMILES string of the molecule is CCCCCCCC/C=C/CCCCCCCC(=O)Nc1nnc(NCc2cccnc2)s1. The summed E-state index contributed by atoms with van der Waals surface area (Å²) in [5.74, 6) is 0.0163. The summed E-state index contributed by atoms with van der Waals surface area (Å²) in [6, 6.07) is 3.90. The third kappa shape index (κ3) is 13.8. The molecule has 0 spiro atoms. The minimum absolute atomic E-state index is 0.0163. The number of carbonyl (C=O) groups is 1. The number of hydrogen-bond donors (Lipinski definition) is 2. The summed E-state index contributed by atoms with van der Waals surface area (Å²) < 4.78 is 0. The van der Waals surface area contributed by atoms with Crippen LogP contribution in [-0.4, -0.2) is 21.1 Å². The summed E-state index contributed by atoms with van der Waals surface area (Å²) in [5, 5.41) is 15.4. The van der Waals surface area contributed by atoms with Gasteiger partial charge in [-0.3, -0.25) is 9.78 Å². The van der Waals surface area contributed by atoms with Gasteiger partial charge in [0.2, 0.25) is 16.2 Å². The summed E-state index contributed by atoms with van der Waals surface area (Å²) in [6.45, 7) is 2.90. The van der Waals surface area contributed by atoms with Crippen molar-refractivity contribution >= 4 is 27.5 Å². The minimum Gasteiger partial charge on any atom is -0.356 e. The standard InChI is InChI=1S/C26H41N5OS/c1-2-3-4-5-6-7-8-9-10-11-12-13-14-15-16-19-24(32)29-26-31-30-25(33-26)28-22-23-18-17-20-27-21-23/h9-10,17-18,20-21H,2-8,11-16,19,22H2,1H3,(H,28,30)(H,29,31,32)/b10-9+. The van der Waals surface area contributed by atoms with Crippen LogP contribution in [0.4, 0.5) is 10.3 Å². The van der Waals surface area contributed by atoms with Crippen LogP contribution >= 0.6 is 11.3 Å². The monoisotopic (exact) mass is 471 g/mol. The predicted octanol–water partition coefficient (Wildman–Crippen LogP) is 7.52. The lowest BCUT2D eigenvalue weighted by Crippen LogP contribution is -2.10. The molecule has 0 aliphatic heterocycles. The van der Waals surface area contributed by atoms with Crippen LogP contribution in [-0.2, 0) is 11.3 Å². The first-order valence-corrected chi connectivity index (χ1v) is 13.5. The van der Waals surface area contributed by atoms with Crippen LogP contribution in [0.2, 0.25) is 0 Å². The van der Waals surface area contributed by atoms with E-state index in [0.717, 1.165) is 18.4 Å². The number of anilines is 2. The number of rotatable bonds is 19. The van der Waals surface area contributed by atoms with Crippen molar-refractivity contribution in [2.24, 2.45) is 0 Å². The molecular weight excluding hydrogens is 430 g/mol. The summed E-state index contributed by atoms with van der Waals surface area (Å²) in [7, 11) is 0. The van der Waals surface area contributed by atoms with Gasteiger partial charge in [-0.15, -0.1) is 10.2 Å². The normalized spacial score (nSPS) is 11.2.